The summed E-state index contributed by atoms with van der Waals surface area (Å²) in [5, 5.41) is 0.370. The number of likely N-dealkylation sites (tertiary alicyclic amines) is 1. The van der Waals surface area contributed by atoms with Gasteiger partial charge in [0.25, 0.3) is 5.56 Å². The van der Waals surface area contributed by atoms with Crippen molar-refractivity contribution >= 4 is 22.8 Å². The molecule has 3 rings (SSSR count). The fourth-order valence-electron chi connectivity index (χ4n) is 2.73. The van der Waals surface area contributed by atoms with Crippen molar-refractivity contribution in [2.24, 2.45) is 0 Å². The lowest BCUT2D eigenvalue weighted by molar-refractivity contribution is -0.130. The first-order valence-electron chi connectivity index (χ1n) is 7.45. The summed E-state index contributed by atoms with van der Waals surface area (Å²) < 4.78 is 5.95. The first-order valence-corrected chi connectivity index (χ1v) is 7.45. The number of esters is 1. The number of aromatic nitrogens is 2. The molecule has 2 heterocycles. The van der Waals surface area contributed by atoms with E-state index in [0.29, 0.717) is 16.5 Å². The summed E-state index contributed by atoms with van der Waals surface area (Å²) in [6.45, 7) is 1.48. The van der Waals surface area contributed by atoms with Crippen molar-refractivity contribution in [2.45, 2.75) is 19.4 Å². The average Bonchev–Trinajstić information content (AvgIpc) is 3.11. The van der Waals surface area contributed by atoms with Crippen LogP contribution in [-0.4, -0.2) is 46.5 Å². The standard InChI is InChI=1S/C16H17N3O4/c1-23-16(22)11-4-5-12-13(8-11)17-10-19(15(12)21)9-14(20)18-6-2-3-7-18/h4-5,8,10H,2-3,6-7,9H2,1H3. The number of carbonyl (C=O) groups is 2. The summed E-state index contributed by atoms with van der Waals surface area (Å²) in [5.41, 5.74) is 0.444. The molecule has 0 aliphatic carbocycles. The Labute approximate surface area is 132 Å². The summed E-state index contributed by atoms with van der Waals surface area (Å²) in [6.07, 6.45) is 3.36. The number of fused-ring (bicyclic) bond motifs is 1. The predicted molar refractivity (Wildman–Crippen MR) is 83.2 cm³/mol. The smallest absolute Gasteiger partial charge is 0.337 e. The maximum atomic E-state index is 12.5. The van der Waals surface area contributed by atoms with Crippen LogP contribution >= 0.6 is 0 Å². The minimum Gasteiger partial charge on any atom is -0.465 e. The van der Waals surface area contributed by atoms with Crippen LogP contribution < -0.4 is 5.56 Å². The van der Waals surface area contributed by atoms with Crippen LogP contribution in [0.4, 0.5) is 0 Å². The van der Waals surface area contributed by atoms with Gasteiger partial charge >= 0.3 is 5.97 Å². The van der Waals surface area contributed by atoms with Crippen LogP contribution in [0.3, 0.4) is 0 Å². The number of carbonyl (C=O) groups excluding carboxylic acids is 2. The second kappa shape index (κ2) is 6.20. The maximum Gasteiger partial charge on any atom is 0.337 e. The summed E-state index contributed by atoms with van der Waals surface area (Å²) in [7, 11) is 1.29. The number of hydrogen-bond acceptors (Lipinski definition) is 5. The van der Waals surface area contributed by atoms with Gasteiger partial charge in [-0.1, -0.05) is 0 Å². The van der Waals surface area contributed by atoms with Gasteiger partial charge in [-0.15, -0.1) is 0 Å². The van der Waals surface area contributed by atoms with Crippen LogP contribution in [0.1, 0.15) is 23.2 Å². The van der Waals surface area contributed by atoms with Gasteiger partial charge in [0.05, 0.1) is 29.9 Å². The van der Waals surface area contributed by atoms with E-state index in [0.717, 1.165) is 25.9 Å². The van der Waals surface area contributed by atoms with Crippen molar-refractivity contribution in [3.63, 3.8) is 0 Å². The molecule has 2 aromatic rings. The Kier molecular flexibility index (Phi) is 4.10. The van der Waals surface area contributed by atoms with E-state index in [9.17, 15) is 14.4 Å². The zero-order chi connectivity index (χ0) is 16.4. The third kappa shape index (κ3) is 2.94. The highest BCUT2D eigenvalue weighted by Crippen LogP contribution is 2.12. The molecule has 1 saturated heterocycles. The summed E-state index contributed by atoms with van der Waals surface area (Å²) in [4.78, 5) is 42.1. The molecule has 1 amide bonds. The second-order valence-electron chi connectivity index (χ2n) is 5.49. The predicted octanol–water partition coefficient (Wildman–Crippen LogP) is 0.805. The minimum atomic E-state index is -0.484. The summed E-state index contributed by atoms with van der Waals surface area (Å²) in [6, 6.07) is 4.56. The Morgan fingerprint density at radius 1 is 1.26 bits per heavy atom. The quantitative estimate of drug-likeness (QED) is 0.783. The van der Waals surface area contributed by atoms with Crippen molar-refractivity contribution in [1.29, 1.82) is 0 Å². The Balaban J connectivity index is 1.91. The zero-order valence-electron chi connectivity index (χ0n) is 12.8. The number of nitrogens with zero attached hydrogens (tertiary/aromatic N) is 3. The molecule has 1 fully saturated rings. The highest BCUT2D eigenvalue weighted by atomic mass is 16.5. The lowest BCUT2D eigenvalue weighted by Crippen LogP contribution is -2.34. The Morgan fingerprint density at radius 2 is 2.00 bits per heavy atom. The van der Waals surface area contributed by atoms with Crippen molar-refractivity contribution in [2.75, 3.05) is 20.2 Å². The average molecular weight is 315 g/mol. The number of methoxy groups -OCH3 is 1. The van der Waals surface area contributed by atoms with Gasteiger partial charge in [-0.3, -0.25) is 14.2 Å². The fraction of sp³-hybridized carbons (Fsp3) is 0.375. The first-order chi connectivity index (χ1) is 11.1. The molecule has 0 saturated carbocycles. The van der Waals surface area contributed by atoms with Gasteiger partial charge in [0, 0.05) is 13.1 Å². The molecule has 0 N–H and O–H groups in total. The van der Waals surface area contributed by atoms with Crippen LogP contribution in [0, 0.1) is 0 Å². The van der Waals surface area contributed by atoms with Crippen molar-refractivity contribution in [3.05, 3.63) is 40.4 Å². The highest BCUT2D eigenvalue weighted by Gasteiger charge is 2.19. The largest absolute Gasteiger partial charge is 0.465 e. The Morgan fingerprint density at radius 3 is 2.70 bits per heavy atom. The SMILES string of the molecule is COC(=O)c1ccc2c(=O)n(CC(=O)N3CCCC3)cnc2c1. The van der Waals surface area contributed by atoms with Crippen molar-refractivity contribution in [3.8, 4) is 0 Å². The van der Waals surface area contributed by atoms with E-state index in [2.05, 4.69) is 9.72 Å². The molecule has 23 heavy (non-hydrogen) atoms. The van der Waals surface area contributed by atoms with Crippen molar-refractivity contribution < 1.29 is 14.3 Å². The molecule has 120 valence electrons. The minimum absolute atomic E-state index is 0.0134. The van der Waals surface area contributed by atoms with Crippen molar-refractivity contribution in [1.82, 2.24) is 14.5 Å². The van der Waals surface area contributed by atoms with Gasteiger partial charge in [-0.25, -0.2) is 9.78 Å². The molecule has 1 aliphatic heterocycles. The normalized spacial score (nSPS) is 14.2. The lowest BCUT2D eigenvalue weighted by Gasteiger charge is -2.15. The van der Waals surface area contributed by atoms with Crippen LogP contribution in [-0.2, 0) is 16.1 Å². The summed E-state index contributed by atoms with van der Waals surface area (Å²) in [5.74, 6) is -0.556. The topological polar surface area (TPSA) is 81.5 Å². The van der Waals surface area contributed by atoms with Crippen LogP contribution in [0.25, 0.3) is 10.9 Å². The maximum absolute atomic E-state index is 12.5. The number of hydrogen-bond donors (Lipinski definition) is 0. The van der Waals surface area contributed by atoms with Gasteiger partial charge < -0.3 is 9.64 Å². The molecule has 7 nitrogen and oxygen atoms in total. The molecular formula is C16H17N3O4. The van der Waals surface area contributed by atoms with Gasteiger partial charge in [-0.05, 0) is 31.0 Å². The van der Waals surface area contributed by atoms with E-state index < -0.39 is 5.97 Å². The number of ether oxygens (including phenoxy) is 1. The van der Waals surface area contributed by atoms with Gasteiger partial charge in [0.1, 0.15) is 6.54 Å². The van der Waals surface area contributed by atoms with E-state index in [4.69, 9.17) is 0 Å². The molecule has 1 aromatic heterocycles. The molecule has 0 unspecified atom stereocenters. The third-order valence-electron chi connectivity index (χ3n) is 4.01. The Hall–Kier alpha value is -2.70. The van der Waals surface area contributed by atoms with Gasteiger partial charge in [0.2, 0.25) is 5.91 Å². The number of benzene rings is 1. The second-order valence-corrected chi connectivity index (χ2v) is 5.49. The van der Waals surface area contributed by atoms with Crippen LogP contribution in [0.2, 0.25) is 0 Å². The molecule has 1 aromatic carbocycles. The van der Waals surface area contributed by atoms with E-state index in [-0.39, 0.29) is 18.0 Å². The number of rotatable bonds is 3. The number of amides is 1. The van der Waals surface area contributed by atoms with Crippen LogP contribution in [0.5, 0.6) is 0 Å². The zero-order valence-corrected chi connectivity index (χ0v) is 12.8. The van der Waals surface area contributed by atoms with E-state index in [1.54, 1.807) is 4.90 Å². The summed E-state index contributed by atoms with van der Waals surface area (Å²) >= 11 is 0. The van der Waals surface area contributed by atoms with Crippen LogP contribution in [0.15, 0.2) is 29.3 Å². The molecule has 0 bridgehead atoms. The molecule has 0 atom stereocenters. The van der Waals surface area contributed by atoms with E-state index in [1.807, 2.05) is 0 Å². The molecule has 7 heteroatoms. The molecule has 0 spiro atoms. The van der Waals surface area contributed by atoms with Gasteiger partial charge in [-0.2, -0.15) is 0 Å². The first kappa shape index (κ1) is 15.2. The third-order valence-corrected chi connectivity index (χ3v) is 4.01. The lowest BCUT2D eigenvalue weighted by atomic mass is 10.1. The molecule has 0 radical (unpaired) electrons. The fourth-order valence-corrected chi connectivity index (χ4v) is 2.73. The Bertz CT molecular complexity index is 822. The van der Waals surface area contributed by atoms with E-state index >= 15 is 0 Å². The van der Waals surface area contributed by atoms with E-state index in [1.165, 1.54) is 36.2 Å². The highest BCUT2D eigenvalue weighted by molar-refractivity contribution is 5.94. The van der Waals surface area contributed by atoms with Gasteiger partial charge in [0.15, 0.2) is 0 Å². The molecular weight excluding hydrogens is 298 g/mol. The molecule has 1 aliphatic rings. The monoisotopic (exact) mass is 315 g/mol.